The Balaban J connectivity index is 1.28. The van der Waals surface area contributed by atoms with Crippen LogP contribution in [0, 0.1) is 5.82 Å². The van der Waals surface area contributed by atoms with Crippen molar-refractivity contribution >= 4 is 17.6 Å². The lowest BCUT2D eigenvalue weighted by Crippen LogP contribution is -2.51. The summed E-state index contributed by atoms with van der Waals surface area (Å²) in [4.78, 5) is 23.0. The first kappa shape index (κ1) is 19.2. The van der Waals surface area contributed by atoms with Crippen LogP contribution in [0.5, 0.6) is 0 Å². The molecule has 0 saturated carbocycles. The highest BCUT2D eigenvalue weighted by Gasteiger charge is 2.21. The minimum absolute atomic E-state index is 0.00685. The Morgan fingerprint density at radius 2 is 1.62 bits per heavy atom. The highest BCUT2D eigenvalue weighted by atomic mass is 19.1. The highest BCUT2D eigenvalue weighted by molar-refractivity contribution is 5.84. The number of benzene rings is 2. The number of carbonyl (C=O) groups is 1. The standard InChI is InChI=1S/C22H26FN5O/c23-19-5-7-20(8-6-19)26-11-13-27(14-12-26)22(24)25-15-21(29)28-10-9-17-3-1-2-4-18(17)16-28/h1-8H,9-16H2,(H2,24,25). The zero-order chi connectivity index (χ0) is 20.2. The van der Waals surface area contributed by atoms with Gasteiger partial charge in [-0.15, -0.1) is 0 Å². The predicted molar refractivity (Wildman–Crippen MR) is 112 cm³/mol. The van der Waals surface area contributed by atoms with Crippen molar-refractivity contribution in [1.29, 1.82) is 0 Å². The lowest BCUT2D eigenvalue weighted by molar-refractivity contribution is -0.130. The van der Waals surface area contributed by atoms with Crippen LogP contribution < -0.4 is 10.6 Å². The average Bonchev–Trinajstić information content (AvgIpc) is 2.77. The fraction of sp³-hybridized carbons (Fsp3) is 0.364. The second kappa shape index (κ2) is 8.51. The summed E-state index contributed by atoms with van der Waals surface area (Å²) in [6.45, 7) is 4.43. The number of halogens is 1. The molecule has 1 saturated heterocycles. The van der Waals surface area contributed by atoms with Gasteiger partial charge in [-0.25, -0.2) is 9.38 Å². The Labute approximate surface area is 170 Å². The molecule has 2 aromatic rings. The molecule has 2 N–H and O–H groups in total. The molecule has 0 aromatic heterocycles. The van der Waals surface area contributed by atoms with Crippen LogP contribution >= 0.6 is 0 Å². The molecule has 0 spiro atoms. The topological polar surface area (TPSA) is 65.2 Å². The molecule has 152 valence electrons. The molecule has 0 bridgehead atoms. The molecule has 2 aliphatic rings. The summed E-state index contributed by atoms with van der Waals surface area (Å²) in [7, 11) is 0. The van der Waals surface area contributed by atoms with Crippen LogP contribution in [0.4, 0.5) is 10.1 Å². The van der Waals surface area contributed by atoms with E-state index in [1.807, 2.05) is 21.9 Å². The molecule has 0 radical (unpaired) electrons. The SMILES string of the molecule is NC(=NCC(=O)N1CCc2ccccc2C1)N1CCN(c2ccc(F)cc2)CC1. The van der Waals surface area contributed by atoms with E-state index in [2.05, 4.69) is 22.0 Å². The first-order valence-corrected chi connectivity index (χ1v) is 10.00. The number of anilines is 1. The average molecular weight is 395 g/mol. The summed E-state index contributed by atoms with van der Waals surface area (Å²) in [5, 5.41) is 0. The number of aliphatic imine (C=N–C) groups is 1. The minimum atomic E-state index is -0.231. The van der Waals surface area contributed by atoms with Crippen molar-refractivity contribution in [3.8, 4) is 0 Å². The minimum Gasteiger partial charge on any atom is -0.370 e. The maximum absolute atomic E-state index is 13.1. The second-order valence-electron chi connectivity index (χ2n) is 7.46. The van der Waals surface area contributed by atoms with Gasteiger partial charge in [0.2, 0.25) is 5.91 Å². The molecule has 0 unspecified atom stereocenters. The normalized spacial score (nSPS) is 17.3. The van der Waals surface area contributed by atoms with Crippen molar-refractivity contribution in [2.45, 2.75) is 13.0 Å². The number of nitrogens with two attached hydrogens (primary N) is 1. The maximum Gasteiger partial charge on any atom is 0.244 e. The van der Waals surface area contributed by atoms with E-state index < -0.39 is 0 Å². The van der Waals surface area contributed by atoms with Gasteiger partial charge in [-0.1, -0.05) is 24.3 Å². The van der Waals surface area contributed by atoms with Crippen LogP contribution in [0.25, 0.3) is 0 Å². The Kier molecular flexibility index (Phi) is 5.64. The van der Waals surface area contributed by atoms with Crippen LogP contribution in [0.2, 0.25) is 0 Å². The molecule has 2 aliphatic heterocycles. The fourth-order valence-electron chi connectivity index (χ4n) is 3.90. The number of guanidine groups is 1. The smallest absolute Gasteiger partial charge is 0.244 e. The Morgan fingerprint density at radius 1 is 0.931 bits per heavy atom. The van der Waals surface area contributed by atoms with Crippen molar-refractivity contribution in [3.05, 3.63) is 65.5 Å². The van der Waals surface area contributed by atoms with Gasteiger partial charge in [0.25, 0.3) is 0 Å². The monoisotopic (exact) mass is 395 g/mol. The van der Waals surface area contributed by atoms with Crippen LogP contribution in [-0.2, 0) is 17.8 Å². The van der Waals surface area contributed by atoms with Crippen LogP contribution in [0.3, 0.4) is 0 Å². The van der Waals surface area contributed by atoms with Gasteiger partial charge >= 0.3 is 0 Å². The Hall–Kier alpha value is -3.09. The third kappa shape index (κ3) is 4.50. The lowest BCUT2D eigenvalue weighted by atomic mass is 10.00. The summed E-state index contributed by atoms with van der Waals surface area (Å²) >= 11 is 0. The highest BCUT2D eigenvalue weighted by Crippen LogP contribution is 2.19. The van der Waals surface area contributed by atoms with Gasteiger partial charge < -0.3 is 20.4 Å². The predicted octanol–water partition coefficient (Wildman–Crippen LogP) is 1.85. The van der Waals surface area contributed by atoms with Crippen LogP contribution in [-0.4, -0.2) is 60.9 Å². The number of hydrogen-bond donors (Lipinski definition) is 1. The number of amides is 1. The number of fused-ring (bicyclic) bond motifs is 1. The van der Waals surface area contributed by atoms with Gasteiger partial charge in [-0.2, -0.15) is 0 Å². The van der Waals surface area contributed by atoms with E-state index in [0.717, 1.165) is 44.8 Å². The summed E-state index contributed by atoms with van der Waals surface area (Å²) < 4.78 is 13.1. The van der Waals surface area contributed by atoms with E-state index in [0.29, 0.717) is 12.5 Å². The van der Waals surface area contributed by atoms with Gasteiger partial charge in [0.15, 0.2) is 5.96 Å². The molecule has 6 nitrogen and oxygen atoms in total. The van der Waals surface area contributed by atoms with Gasteiger partial charge in [0, 0.05) is 45.0 Å². The van der Waals surface area contributed by atoms with E-state index in [9.17, 15) is 9.18 Å². The van der Waals surface area contributed by atoms with Gasteiger partial charge in [0.1, 0.15) is 12.4 Å². The zero-order valence-electron chi connectivity index (χ0n) is 16.4. The molecular weight excluding hydrogens is 369 g/mol. The first-order chi connectivity index (χ1) is 14.1. The van der Waals surface area contributed by atoms with Crippen molar-refractivity contribution < 1.29 is 9.18 Å². The molecule has 2 heterocycles. The quantitative estimate of drug-likeness (QED) is 0.636. The first-order valence-electron chi connectivity index (χ1n) is 10.00. The second-order valence-corrected chi connectivity index (χ2v) is 7.46. The van der Waals surface area contributed by atoms with E-state index in [1.165, 1.54) is 23.3 Å². The van der Waals surface area contributed by atoms with Crippen molar-refractivity contribution in [2.24, 2.45) is 10.7 Å². The van der Waals surface area contributed by atoms with Gasteiger partial charge in [0.05, 0.1) is 0 Å². The Morgan fingerprint density at radius 3 is 2.34 bits per heavy atom. The van der Waals surface area contributed by atoms with Crippen LogP contribution in [0.1, 0.15) is 11.1 Å². The third-order valence-electron chi connectivity index (χ3n) is 5.66. The van der Waals surface area contributed by atoms with Crippen molar-refractivity contribution in [2.75, 3.05) is 44.2 Å². The number of rotatable bonds is 3. The molecule has 0 atom stereocenters. The number of nitrogens with zero attached hydrogens (tertiary/aromatic N) is 4. The third-order valence-corrected chi connectivity index (χ3v) is 5.66. The maximum atomic E-state index is 13.1. The largest absolute Gasteiger partial charge is 0.370 e. The van der Waals surface area contributed by atoms with Gasteiger partial charge in [-0.3, -0.25) is 4.79 Å². The van der Waals surface area contributed by atoms with E-state index in [1.54, 1.807) is 12.1 Å². The Bertz CT molecular complexity index is 890. The van der Waals surface area contributed by atoms with E-state index in [-0.39, 0.29) is 18.3 Å². The van der Waals surface area contributed by atoms with Gasteiger partial charge in [-0.05, 0) is 41.8 Å². The van der Waals surface area contributed by atoms with E-state index in [4.69, 9.17) is 5.73 Å². The molecule has 2 aromatic carbocycles. The summed E-state index contributed by atoms with van der Waals surface area (Å²) in [5.41, 5.74) is 9.67. The van der Waals surface area contributed by atoms with Crippen molar-refractivity contribution in [3.63, 3.8) is 0 Å². The van der Waals surface area contributed by atoms with E-state index >= 15 is 0 Å². The number of hydrogen-bond acceptors (Lipinski definition) is 3. The molecular formula is C22H26FN5O. The zero-order valence-corrected chi connectivity index (χ0v) is 16.4. The van der Waals surface area contributed by atoms with Crippen molar-refractivity contribution in [1.82, 2.24) is 9.80 Å². The summed E-state index contributed by atoms with van der Waals surface area (Å²) in [5.74, 6) is 0.188. The summed E-state index contributed by atoms with van der Waals surface area (Å²) in [6.07, 6.45) is 0.881. The molecule has 4 rings (SSSR count). The molecule has 7 heteroatoms. The molecule has 29 heavy (non-hydrogen) atoms. The molecule has 1 amide bonds. The fourth-order valence-corrected chi connectivity index (χ4v) is 3.90. The van der Waals surface area contributed by atoms with Crippen LogP contribution in [0.15, 0.2) is 53.5 Å². The molecule has 1 fully saturated rings. The number of piperazine rings is 1. The lowest BCUT2D eigenvalue weighted by Gasteiger charge is -2.36. The summed E-state index contributed by atoms with van der Waals surface area (Å²) in [6, 6.07) is 14.8. The number of carbonyl (C=O) groups excluding carboxylic acids is 1. The molecule has 0 aliphatic carbocycles.